The molecule has 1 aromatic rings. The minimum Gasteiger partial charge on any atom is -0.506 e. The number of likely N-dealkylation sites (tertiary alicyclic amines) is 1. The first-order valence-electron chi connectivity index (χ1n) is 6.60. The maximum absolute atomic E-state index is 9.83. The van der Waals surface area contributed by atoms with E-state index in [1.165, 1.54) is 12.8 Å². The lowest BCUT2D eigenvalue weighted by molar-refractivity contribution is 0.137. The fourth-order valence-electron chi connectivity index (χ4n) is 2.52. The summed E-state index contributed by atoms with van der Waals surface area (Å²) in [5.74, 6) is 0.306. The van der Waals surface area contributed by atoms with Crippen molar-refractivity contribution in [1.82, 2.24) is 14.8 Å². The molecule has 1 saturated heterocycles. The maximum Gasteiger partial charge on any atom is 0.138 e. The zero-order valence-electron chi connectivity index (χ0n) is 11.6. The predicted octanol–water partition coefficient (Wildman–Crippen LogP) is 1.62. The van der Waals surface area contributed by atoms with E-state index >= 15 is 0 Å². The van der Waals surface area contributed by atoms with Gasteiger partial charge in [0.1, 0.15) is 5.75 Å². The van der Waals surface area contributed by atoms with E-state index in [4.69, 9.17) is 0 Å². The van der Waals surface area contributed by atoms with Crippen LogP contribution in [0, 0.1) is 6.92 Å². The van der Waals surface area contributed by atoms with E-state index in [9.17, 15) is 5.11 Å². The van der Waals surface area contributed by atoms with Gasteiger partial charge in [0.25, 0.3) is 0 Å². The van der Waals surface area contributed by atoms with Crippen molar-refractivity contribution in [1.29, 1.82) is 0 Å². The SMILES string of the molecule is Cc1ccc(O)c(CN(C)C2CCN(C)CC2)n1. The van der Waals surface area contributed by atoms with E-state index in [2.05, 4.69) is 28.9 Å². The fourth-order valence-corrected chi connectivity index (χ4v) is 2.52. The molecule has 1 aromatic heterocycles. The monoisotopic (exact) mass is 249 g/mol. The third kappa shape index (κ3) is 3.21. The van der Waals surface area contributed by atoms with Gasteiger partial charge >= 0.3 is 0 Å². The first-order chi connectivity index (χ1) is 8.56. The molecule has 4 nitrogen and oxygen atoms in total. The molecule has 0 radical (unpaired) electrons. The largest absolute Gasteiger partial charge is 0.506 e. The molecule has 0 amide bonds. The van der Waals surface area contributed by atoms with Gasteiger partial charge in [-0.15, -0.1) is 0 Å². The lowest BCUT2D eigenvalue weighted by Gasteiger charge is -2.35. The lowest BCUT2D eigenvalue weighted by Crippen LogP contribution is -2.41. The van der Waals surface area contributed by atoms with Crippen LogP contribution >= 0.6 is 0 Å². The average molecular weight is 249 g/mol. The molecule has 1 N–H and O–H groups in total. The van der Waals surface area contributed by atoms with Crippen LogP contribution in [0.15, 0.2) is 12.1 Å². The first-order valence-corrected chi connectivity index (χ1v) is 6.60. The Morgan fingerprint density at radius 1 is 1.39 bits per heavy atom. The molecule has 2 rings (SSSR count). The van der Waals surface area contributed by atoms with Gasteiger partial charge in [-0.3, -0.25) is 9.88 Å². The summed E-state index contributed by atoms with van der Waals surface area (Å²) in [6.45, 7) is 4.99. The van der Waals surface area contributed by atoms with E-state index in [-0.39, 0.29) is 0 Å². The quantitative estimate of drug-likeness (QED) is 0.883. The number of piperidine rings is 1. The van der Waals surface area contributed by atoms with Crippen molar-refractivity contribution in [2.45, 2.75) is 32.4 Å². The number of aryl methyl sites for hydroxylation is 1. The number of aromatic hydroxyl groups is 1. The van der Waals surface area contributed by atoms with Gasteiger partial charge in [-0.25, -0.2) is 0 Å². The van der Waals surface area contributed by atoms with Gasteiger partial charge in [0.15, 0.2) is 0 Å². The summed E-state index contributed by atoms with van der Waals surface area (Å²) in [5, 5.41) is 9.83. The maximum atomic E-state index is 9.83. The Morgan fingerprint density at radius 3 is 2.72 bits per heavy atom. The topological polar surface area (TPSA) is 39.6 Å². The average Bonchev–Trinajstić information content (AvgIpc) is 2.34. The van der Waals surface area contributed by atoms with Crippen molar-refractivity contribution < 1.29 is 5.11 Å². The van der Waals surface area contributed by atoms with Crippen LogP contribution in [0.25, 0.3) is 0 Å². The van der Waals surface area contributed by atoms with Gasteiger partial charge in [-0.05, 0) is 59.1 Å². The minimum atomic E-state index is 0.306. The Bertz CT molecular complexity index is 400. The van der Waals surface area contributed by atoms with Crippen LogP contribution < -0.4 is 0 Å². The van der Waals surface area contributed by atoms with E-state index in [1.807, 2.05) is 13.0 Å². The lowest BCUT2D eigenvalue weighted by atomic mass is 10.0. The van der Waals surface area contributed by atoms with E-state index in [1.54, 1.807) is 6.07 Å². The third-order valence-corrected chi connectivity index (χ3v) is 3.80. The Labute approximate surface area is 109 Å². The molecule has 0 saturated carbocycles. The van der Waals surface area contributed by atoms with Crippen molar-refractivity contribution in [3.8, 4) is 5.75 Å². The molecule has 1 fully saturated rings. The number of hydrogen-bond donors (Lipinski definition) is 1. The molecule has 0 unspecified atom stereocenters. The molecule has 4 heteroatoms. The summed E-state index contributed by atoms with van der Waals surface area (Å²) >= 11 is 0. The van der Waals surface area contributed by atoms with Crippen molar-refractivity contribution in [2.75, 3.05) is 27.2 Å². The molecule has 1 aliphatic heterocycles. The van der Waals surface area contributed by atoms with Crippen molar-refractivity contribution in [3.05, 3.63) is 23.5 Å². The zero-order chi connectivity index (χ0) is 13.1. The Morgan fingerprint density at radius 2 is 2.06 bits per heavy atom. The highest BCUT2D eigenvalue weighted by Crippen LogP contribution is 2.20. The Balaban J connectivity index is 1.98. The molecule has 2 heterocycles. The molecule has 1 aliphatic rings. The van der Waals surface area contributed by atoms with Gasteiger partial charge in [-0.1, -0.05) is 0 Å². The highest BCUT2D eigenvalue weighted by Gasteiger charge is 2.21. The zero-order valence-corrected chi connectivity index (χ0v) is 11.6. The van der Waals surface area contributed by atoms with E-state index in [0.717, 1.165) is 31.0 Å². The number of hydrogen-bond acceptors (Lipinski definition) is 4. The van der Waals surface area contributed by atoms with E-state index in [0.29, 0.717) is 11.8 Å². The molecule has 0 atom stereocenters. The second kappa shape index (κ2) is 5.67. The van der Waals surface area contributed by atoms with Crippen LogP contribution in [-0.2, 0) is 6.54 Å². The van der Waals surface area contributed by atoms with Gasteiger partial charge in [0, 0.05) is 18.3 Å². The first kappa shape index (κ1) is 13.3. The van der Waals surface area contributed by atoms with Crippen molar-refractivity contribution >= 4 is 0 Å². The van der Waals surface area contributed by atoms with Crippen LogP contribution in [-0.4, -0.2) is 53.1 Å². The molecule has 0 bridgehead atoms. The highest BCUT2D eigenvalue weighted by atomic mass is 16.3. The predicted molar refractivity (Wildman–Crippen MR) is 72.6 cm³/mol. The molecule has 100 valence electrons. The molecule has 0 aromatic carbocycles. The normalized spacial score (nSPS) is 18.4. The standard InChI is InChI=1S/C14H23N3O/c1-11-4-5-14(18)13(15-11)10-17(3)12-6-8-16(2)9-7-12/h4-5,12,18H,6-10H2,1-3H3. The summed E-state index contributed by atoms with van der Waals surface area (Å²) < 4.78 is 0. The summed E-state index contributed by atoms with van der Waals surface area (Å²) in [6.07, 6.45) is 2.39. The van der Waals surface area contributed by atoms with Crippen LogP contribution in [0.4, 0.5) is 0 Å². The smallest absolute Gasteiger partial charge is 0.138 e. The second-order valence-corrected chi connectivity index (χ2v) is 5.37. The second-order valence-electron chi connectivity index (χ2n) is 5.37. The summed E-state index contributed by atoms with van der Waals surface area (Å²) in [4.78, 5) is 9.10. The molecule has 0 aliphatic carbocycles. The van der Waals surface area contributed by atoms with Crippen LogP contribution in [0.5, 0.6) is 5.75 Å². The van der Waals surface area contributed by atoms with Crippen LogP contribution in [0.3, 0.4) is 0 Å². The Hall–Kier alpha value is -1.13. The van der Waals surface area contributed by atoms with Gasteiger partial charge in [-0.2, -0.15) is 0 Å². The number of rotatable bonds is 3. The summed E-state index contributed by atoms with van der Waals surface area (Å²) in [6, 6.07) is 4.18. The molecular weight excluding hydrogens is 226 g/mol. The molecular formula is C14H23N3O. The van der Waals surface area contributed by atoms with Gasteiger partial charge in [0.2, 0.25) is 0 Å². The van der Waals surface area contributed by atoms with Gasteiger partial charge < -0.3 is 10.0 Å². The third-order valence-electron chi connectivity index (χ3n) is 3.80. The number of aromatic nitrogens is 1. The summed E-state index contributed by atoms with van der Waals surface area (Å²) in [7, 11) is 4.30. The van der Waals surface area contributed by atoms with Gasteiger partial charge in [0.05, 0.1) is 5.69 Å². The number of pyridine rings is 1. The minimum absolute atomic E-state index is 0.306. The highest BCUT2D eigenvalue weighted by molar-refractivity contribution is 5.27. The van der Waals surface area contributed by atoms with Crippen molar-refractivity contribution in [2.24, 2.45) is 0 Å². The van der Waals surface area contributed by atoms with Crippen molar-refractivity contribution in [3.63, 3.8) is 0 Å². The molecule has 18 heavy (non-hydrogen) atoms. The summed E-state index contributed by atoms with van der Waals surface area (Å²) in [5.41, 5.74) is 1.75. The van der Waals surface area contributed by atoms with E-state index < -0.39 is 0 Å². The molecule has 0 spiro atoms. The Kier molecular flexibility index (Phi) is 4.19. The van der Waals surface area contributed by atoms with Crippen LogP contribution in [0.2, 0.25) is 0 Å². The number of nitrogens with zero attached hydrogens (tertiary/aromatic N) is 3. The van der Waals surface area contributed by atoms with Crippen LogP contribution in [0.1, 0.15) is 24.2 Å². The fraction of sp³-hybridized carbons (Fsp3) is 0.643.